The van der Waals surface area contributed by atoms with Gasteiger partial charge in [-0.05, 0) is 43.3 Å². The molecule has 2 heterocycles. The highest BCUT2D eigenvalue weighted by atomic mass is 32.2. The Kier molecular flexibility index (Phi) is 4.08. The number of rotatable bonds is 4. The first-order chi connectivity index (χ1) is 11.1. The summed E-state index contributed by atoms with van der Waals surface area (Å²) in [6, 6.07) is 16.9. The molecule has 3 aromatic rings. The number of pyridine rings is 2. The van der Waals surface area contributed by atoms with Gasteiger partial charge in [0, 0.05) is 12.4 Å². The standard InChI is InChI=1S/C17H15N3O2S/c1-14-8-10-15(11-9-14)23(21,22)20(16-6-2-4-12-18-16)17-7-3-5-13-19-17/h2-13H,1H3. The molecule has 0 bridgehead atoms. The average molecular weight is 325 g/mol. The third-order valence-electron chi connectivity index (χ3n) is 3.27. The van der Waals surface area contributed by atoms with E-state index >= 15 is 0 Å². The zero-order chi connectivity index (χ0) is 16.3. The molecule has 6 heteroatoms. The van der Waals surface area contributed by atoms with E-state index in [9.17, 15) is 8.42 Å². The van der Waals surface area contributed by atoms with Gasteiger partial charge in [0.15, 0.2) is 0 Å². The minimum absolute atomic E-state index is 0.194. The number of hydrogen-bond donors (Lipinski definition) is 0. The number of benzene rings is 1. The molecule has 0 atom stereocenters. The molecule has 116 valence electrons. The summed E-state index contributed by atoms with van der Waals surface area (Å²) in [6.45, 7) is 1.91. The molecule has 1 aromatic carbocycles. The highest BCUT2D eigenvalue weighted by Gasteiger charge is 2.28. The summed E-state index contributed by atoms with van der Waals surface area (Å²) in [7, 11) is -3.82. The minimum Gasteiger partial charge on any atom is -0.238 e. The Labute approximate surface area is 135 Å². The van der Waals surface area contributed by atoms with Crippen molar-refractivity contribution < 1.29 is 8.42 Å². The number of sulfonamides is 1. The Morgan fingerprint density at radius 1 is 0.783 bits per heavy atom. The molecule has 0 aliphatic carbocycles. The quantitative estimate of drug-likeness (QED) is 0.738. The average Bonchev–Trinajstić information content (AvgIpc) is 2.57. The minimum atomic E-state index is -3.82. The number of aryl methyl sites for hydroxylation is 1. The Hall–Kier alpha value is -2.73. The van der Waals surface area contributed by atoms with E-state index in [0.717, 1.165) is 9.87 Å². The van der Waals surface area contributed by atoms with Crippen LogP contribution in [0.5, 0.6) is 0 Å². The van der Waals surface area contributed by atoms with Crippen molar-refractivity contribution in [3.8, 4) is 0 Å². The summed E-state index contributed by atoms with van der Waals surface area (Å²) in [5, 5.41) is 0. The molecule has 0 N–H and O–H groups in total. The largest absolute Gasteiger partial charge is 0.271 e. The Balaban J connectivity index is 2.17. The van der Waals surface area contributed by atoms with Gasteiger partial charge in [0.1, 0.15) is 11.6 Å². The van der Waals surface area contributed by atoms with E-state index in [-0.39, 0.29) is 4.90 Å². The molecule has 0 fully saturated rings. The molecule has 5 nitrogen and oxygen atoms in total. The van der Waals surface area contributed by atoms with Crippen molar-refractivity contribution in [2.75, 3.05) is 4.31 Å². The second-order valence-corrected chi connectivity index (χ2v) is 6.75. The highest BCUT2D eigenvalue weighted by Crippen LogP contribution is 2.29. The van der Waals surface area contributed by atoms with Gasteiger partial charge in [0.25, 0.3) is 10.0 Å². The fraction of sp³-hybridized carbons (Fsp3) is 0.0588. The zero-order valence-electron chi connectivity index (χ0n) is 12.5. The van der Waals surface area contributed by atoms with E-state index in [1.54, 1.807) is 73.1 Å². The van der Waals surface area contributed by atoms with E-state index in [0.29, 0.717) is 11.6 Å². The molecule has 0 aliphatic heterocycles. The van der Waals surface area contributed by atoms with Crippen LogP contribution in [0.25, 0.3) is 0 Å². The van der Waals surface area contributed by atoms with E-state index in [1.807, 2.05) is 6.92 Å². The molecule has 3 rings (SSSR count). The van der Waals surface area contributed by atoms with Crippen molar-refractivity contribution in [2.45, 2.75) is 11.8 Å². The van der Waals surface area contributed by atoms with Crippen molar-refractivity contribution >= 4 is 21.7 Å². The smallest absolute Gasteiger partial charge is 0.238 e. The van der Waals surface area contributed by atoms with E-state index < -0.39 is 10.0 Å². The third-order valence-corrected chi connectivity index (χ3v) is 5.00. The molecule has 23 heavy (non-hydrogen) atoms. The summed E-state index contributed by atoms with van der Waals surface area (Å²) in [6.07, 6.45) is 3.10. The lowest BCUT2D eigenvalue weighted by molar-refractivity contribution is 0.595. The van der Waals surface area contributed by atoms with Crippen LogP contribution in [0.1, 0.15) is 5.56 Å². The molecular formula is C17H15N3O2S. The first-order valence-electron chi connectivity index (χ1n) is 7.03. The summed E-state index contributed by atoms with van der Waals surface area (Å²) >= 11 is 0. The van der Waals surface area contributed by atoms with Crippen LogP contribution in [0.4, 0.5) is 11.6 Å². The Morgan fingerprint density at radius 2 is 1.30 bits per heavy atom. The van der Waals surface area contributed by atoms with Crippen molar-refractivity contribution in [1.82, 2.24) is 9.97 Å². The summed E-state index contributed by atoms with van der Waals surface area (Å²) in [5.74, 6) is 0.596. The first kappa shape index (κ1) is 15.2. The lowest BCUT2D eigenvalue weighted by Crippen LogP contribution is -2.27. The third kappa shape index (κ3) is 3.07. The van der Waals surface area contributed by atoms with Crippen molar-refractivity contribution in [3.63, 3.8) is 0 Å². The molecule has 0 spiro atoms. The van der Waals surface area contributed by atoms with Gasteiger partial charge < -0.3 is 0 Å². The van der Waals surface area contributed by atoms with E-state index in [4.69, 9.17) is 0 Å². The SMILES string of the molecule is Cc1ccc(S(=O)(=O)N(c2ccccn2)c2ccccn2)cc1. The normalized spacial score (nSPS) is 11.2. The molecule has 2 aromatic heterocycles. The molecular weight excluding hydrogens is 310 g/mol. The number of anilines is 2. The van der Waals surface area contributed by atoms with Gasteiger partial charge >= 0.3 is 0 Å². The predicted molar refractivity (Wildman–Crippen MR) is 89.0 cm³/mol. The van der Waals surface area contributed by atoms with Crippen LogP contribution in [-0.4, -0.2) is 18.4 Å². The van der Waals surface area contributed by atoms with Crippen molar-refractivity contribution in [1.29, 1.82) is 0 Å². The molecule has 0 amide bonds. The summed E-state index contributed by atoms with van der Waals surface area (Å²) in [4.78, 5) is 8.54. The molecule has 0 radical (unpaired) electrons. The maximum absolute atomic E-state index is 13.1. The number of aromatic nitrogens is 2. The van der Waals surface area contributed by atoms with Gasteiger partial charge in [-0.1, -0.05) is 29.8 Å². The van der Waals surface area contributed by atoms with Gasteiger partial charge in [-0.2, -0.15) is 0 Å². The van der Waals surface area contributed by atoms with Crippen LogP contribution < -0.4 is 4.31 Å². The molecule has 0 aliphatic rings. The van der Waals surface area contributed by atoms with Gasteiger partial charge in [0.2, 0.25) is 0 Å². The van der Waals surface area contributed by atoms with Crippen LogP contribution in [-0.2, 0) is 10.0 Å². The van der Waals surface area contributed by atoms with Crippen LogP contribution in [0.2, 0.25) is 0 Å². The maximum Gasteiger partial charge on any atom is 0.271 e. The Bertz CT molecular complexity index is 841. The predicted octanol–water partition coefficient (Wildman–Crippen LogP) is 3.31. The monoisotopic (exact) mass is 325 g/mol. The second-order valence-electron chi connectivity index (χ2n) is 4.96. The fourth-order valence-corrected chi connectivity index (χ4v) is 3.53. The molecule has 0 saturated heterocycles. The van der Waals surface area contributed by atoms with Crippen LogP contribution in [0, 0.1) is 6.92 Å². The van der Waals surface area contributed by atoms with Gasteiger partial charge in [-0.25, -0.2) is 22.7 Å². The van der Waals surface area contributed by atoms with Gasteiger partial charge in [-0.15, -0.1) is 0 Å². The van der Waals surface area contributed by atoms with Crippen molar-refractivity contribution in [2.24, 2.45) is 0 Å². The van der Waals surface area contributed by atoms with Crippen LogP contribution >= 0.6 is 0 Å². The summed E-state index contributed by atoms with van der Waals surface area (Å²) < 4.78 is 27.3. The lowest BCUT2D eigenvalue weighted by Gasteiger charge is -2.22. The van der Waals surface area contributed by atoms with Crippen LogP contribution in [0.3, 0.4) is 0 Å². The Morgan fingerprint density at radius 3 is 1.74 bits per heavy atom. The first-order valence-corrected chi connectivity index (χ1v) is 8.47. The maximum atomic E-state index is 13.1. The fourth-order valence-electron chi connectivity index (χ4n) is 2.13. The zero-order valence-corrected chi connectivity index (χ0v) is 13.3. The van der Waals surface area contributed by atoms with Gasteiger partial charge in [-0.3, -0.25) is 0 Å². The van der Waals surface area contributed by atoms with Gasteiger partial charge in [0.05, 0.1) is 4.90 Å². The number of hydrogen-bond acceptors (Lipinski definition) is 4. The highest BCUT2D eigenvalue weighted by molar-refractivity contribution is 7.93. The lowest BCUT2D eigenvalue weighted by atomic mass is 10.2. The number of nitrogens with zero attached hydrogens (tertiary/aromatic N) is 3. The van der Waals surface area contributed by atoms with Crippen LogP contribution in [0.15, 0.2) is 78.0 Å². The molecule has 0 unspecified atom stereocenters. The second kappa shape index (κ2) is 6.18. The topological polar surface area (TPSA) is 63.2 Å². The van der Waals surface area contributed by atoms with E-state index in [1.165, 1.54) is 0 Å². The summed E-state index contributed by atoms with van der Waals surface area (Å²) in [5.41, 5.74) is 0.992. The van der Waals surface area contributed by atoms with E-state index in [2.05, 4.69) is 9.97 Å². The molecule has 0 saturated carbocycles. The van der Waals surface area contributed by atoms with Crippen molar-refractivity contribution in [3.05, 3.63) is 78.6 Å².